The molecule has 1 heterocycles. The van der Waals surface area contributed by atoms with Gasteiger partial charge < -0.3 is 16.0 Å². The Morgan fingerprint density at radius 3 is 2.40 bits per heavy atom. The molecule has 2 aliphatic rings. The molecule has 1 amide bonds. The topological polar surface area (TPSA) is 58.4 Å². The number of nitrogens with one attached hydrogen (secondary N) is 1. The smallest absolute Gasteiger partial charge is 0.239 e. The quantitative estimate of drug-likeness (QED) is 0.680. The van der Waals surface area contributed by atoms with Crippen LogP contribution in [0.15, 0.2) is 0 Å². The lowest BCUT2D eigenvalue weighted by Gasteiger charge is -2.34. The maximum atomic E-state index is 11.7. The Balaban J connectivity index is 1.88. The molecule has 0 aromatic carbocycles. The number of hydrogen-bond acceptors (Lipinski definition) is 3. The van der Waals surface area contributed by atoms with Crippen LogP contribution in [0.1, 0.15) is 32.1 Å². The zero-order chi connectivity index (χ0) is 10.8. The number of nitrogens with zero attached hydrogens (tertiary/aromatic N) is 1. The lowest BCUT2D eigenvalue weighted by Crippen LogP contribution is -2.44. The Bertz CT molecular complexity index is 236. The van der Waals surface area contributed by atoms with E-state index in [1.165, 1.54) is 12.8 Å². The van der Waals surface area contributed by atoms with Crippen LogP contribution in [0.2, 0.25) is 0 Å². The summed E-state index contributed by atoms with van der Waals surface area (Å²) in [6.45, 7) is 0.870. The predicted octanol–water partition coefficient (Wildman–Crippen LogP) is 0.0766. The molecule has 4 heteroatoms. The average molecular weight is 211 g/mol. The van der Waals surface area contributed by atoms with Crippen molar-refractivity contribution >= 4 is 5.91 Å². The zero-order valence-corrected chi connectivity index (χ0v) is 9.41. The van der Waals surface area contributed by atoms with Crippen molar-refractivity contribution in [2.24, 2.45) is 5.73 Å². The molecule has 4 nitrogen and oxygen atoms in total. The molecular formula is C11H21N3O. The first-order chi connectivity index (χ1) is 7.22. The first kappa shape index (κ1) is 10.9. The molecule has 0 aromatic heterocycles. The molecule has 1 aliphatic carbocycles. The summed E-state index contributed by atoms with van der Waals surface area (Å²) in [5.41, 5.74) is 5.73. The molecule has 1 aliphatic heterocycles. The van der Waals surface area contributed by atoms with Crippen LogP contribution in [0.4, 0.5) is 0 Å². The standard InChI is InChI=1S/C11H21N3O/c1-13-8-2-4-9(5-3-8)14-7-6-10(12)11(14)15/h8-10,13H,2-7,12H2,1H3/t8-,9-,10?. The van der Waals surface area contributed by atoms with Crippen molar-refractivity contribution in [3.05, 3.63) is 0 Å². The van der Waals surface area contributed by atoms with E-state index in [1.54, 1.807) is 0 Å². The first-order valence-corrected chi connectivity index (χ1v) is 5.95. The van der Waals surface area contributed by atoms with Crippen LogP contribution >= 0.6 is 0 Å². The van der Waals surface area contributed by atoms with Crippen molar-refractivity contribution in [1.82, 2.24) is 10.2 Å². The first-order valence-electron chi connectivity index (χ1n) is 5.95. The van der Waals surface area contributed by atoms with Crippen molar-refractivity contribution in [3.8, 4) is 0 Å². The third kappa shape index (κ3) is 2.16. The maximum absolute atomic E-state index is 11.7. The van der Waals surface area contributed by atoms with Gasteiger partial charge >= 0.3 is 0 Å². The van der Waals surface area contributed by atoms with E-state index >= 15 is 0 Å². The minimum absolute atomic E-state index is 0.169. The van der Waals surface area contributed by atoms with E-state index < -0.39 is 0 Å². The minimum atomic E-state index is -0.230. The number of nitrogens with two attached hydrogens (primary N) is 1. The van der Waals surface area contributed by atoms with Gasteiger partial charge in [-0.15, -0.1) is 0 Å². The Hall–Kier alpha value is -0.610. The highest BCUT2D eigenvalue weighted by atomic mass is 16.2. The van der Waals surface area contributed by atoms with Crippen LogP contribution in [0.25, 0.3) is 0 Å². The van der Waals surface area contributed by atoms with Gasteiger partial charge in [0.25, 0.3) is 0 Å². The highest BCUT2D eigenvalue weighted by Crippen LogP contribution is 2.26. The van der Waals surface area contributed by atoms with Crippen molar-refractivity contribution in [1.29, 1.82) is 0 Å². The molecular weight excluding hydrogens is 190 g/mol. The molecule has 0 bridgehead atoms. The van der Waals surface area contributed by atoms with Crippen LogP contribution < -0.4 is 11.1 Å². The molecule has 0 radical (unpaired) electrons. The maximum Gasteiger partial charge on any atom is 0.239 e. The molecule has 1 saturated carbocycles. The fourth-order valence-electron chi connectivity index (χ4n) is 2.76. The Kier molecular flexibility index (Phi) is 3.26. The summed E-state index contributed by atoms with van der Waals surface area (Å²) in [5.74, 6) is 0.169. The van der Waals surface area contributed by atoms with E-state index in [9.17, 15) is 4.79 Å². The second-order valence-corrected chi connectivity index (χ2v) is 4.72. The summed E-state index contributed by atoms with van der Waals surface area (Å²) in [4.78, 5) is 13.8. The molecule has 1 atom stereocenters. The van der Waals surface area contributed by atoms with Crippen LogP contribution in [-0.2, 0) is 4.79 Å². The fourth-order valence-corrected chi connectivity index (χ4v) is 2.76. The molecule has 86 valence electrons. The highest BCUT2D eigenvalue weighted by molar-refractivity contribution is 5.84. The van der Waals surface area contributed by atoms with Crippen molar-refractivity contribution in [2.45, 2.75) is 50.2 Å². The van der Waals surface area contributed by atoms with Gasteiger partial charge in [-0.25, -0.2) is 0 Å². The van der Waals surface area contributed by atoms with Gasteiger partial charge in [-0.05, 0) is 39.2 Å². The molecule has 3 N–H and O–H groups in total. The largest absolute Gasteiger partial charge is 0.338 e. The van der Waals surface area contributed by atoms with E-state index in [0.29, 0.717) is 12.1 Å². The Morgan fingerprint density at radius 1 is 1.27 bits per heavy atom. The molecule has 2 rings (SSSR count). The number of amides is 1. The third-order valence-electron chi connectivity index (χ3n) is 3.83. The number of likely N-dealkylation sites (tertiary alicyclic amines) is 1. The summed E-state index contributed by atoms with van der Waals surface area (Å²) < 4.78 is 0. The second-order valence-electron chi connectivity index (χ2n) is 4.72. The molecule has 2 fully saturated rings. The van der Waals surface area contributed by atoms with Crippen molar-refractivity contribution < 1.29 is 4.79 Å². The normalized spacial score (nSPS) is 37.3. The second kappa shape index (κ2) is 4.49. The van der Waals surface area contributed by atoms with E-state index in [0.717, 1.165) is 25.8 Å². The monoisotopic (exact) mass is 211 g/mol. The summed E-state index contributed by atoms with van der Waals surface area (Å²) in [6, 6.07) is 0.871. The Labute approximate surface area is 91.2 Å². The lowest BCUT2D eigenvalue weighted by atomic mass is 9.90. The van der Waals surface area contributed by atoms with Gasteiger partial charge in [-0.3, -0.25) is 4.79 Å². The summed E-state index contributed by atoms with van der Waals surface area (Å²) in [7, 11) is 2.02. The van der Waals surface area contributed by atoms with Crippen LogP contribution in [0, 0.1) is 0 Å². The molecule has 15 heavy (non-hydrogen) atoms. The van der Waals surface area contributed by atoms with Gasteiger partial charge in [-0.1, -0.05) is 0 Å². The van der Waals surface area contributed by atoms with Gasteiger partial charge in [0.1, 0.15) is 0 Å². The van der Waals surface area contributed by atoms with Gasteiger partial charge in [0.15, 0.2) is 0 Å². The van der Waals surface area contributed by atoms with Gasteiger partial charge in [0.05, 0.1) is 6.04 Å². The number of carbonyl (C=O) groups excluding carboxylic acids is 1. The number of carbonyl (C=O) groups is 1. The number of rotatable bonds is 2. The molecule has 1 saturated heterocycles. The van der Waals surface area contributed by atoms with Crippen LogP contribution in [0.3, 0.4) is 0 Å². The van der Waals surface area contributed by atoms with E-state index in [-0.39, 0.29) is 11.9 Å². The summed E-state index contributed by atoms with van der Waals surface area (Å²) >= 11 is 0. The minimum Gasteiger partial charge on any atom is -0.338 e. The van der Waals surface area contributed by atoms with Crippen LogP contribution in [-0.4, -0.2) is 42.5 Å². The van der Waals surface area contributed by atoms with E-state index in [4.69, 9.17) is 5.73 Å². The molecule has 0 spiro atoms. The Morgan fingerprint density at radius 2 is 1.93 bits per heavy atom. The summed E-state index contributed by atoms with van der Waals surface area (Å²) in [6.07, 6.45) is 5.46. The van der Waals surface area contributed by atoms with Crippen LogP contribution in [0.5, 0.6) is 0 Å². The zero-order valence-electron chi connectivity index (χ0n) is 9.41. The lowest BCUT2D eigenvalue weighted by molar-refractivity contribution is -0.131. The average Bonchev–Trinajstić information content (AvgIpc) is 2.60. The predicted molar refractivity (Wildman–Crippen MR) is 59.4 cm³/mol. The third-order valence-corrected chi connectivity index (χ3v) is 3.83. The summed E-state index contributed by atoms with van der Waals surface area (Å²) in [5, 5.41) is 3.31. The fraction of sp³-hybridized carbons (Fsp3) is 0.909. The highest BCUT2D eigenvalue weighted by Gasteiger charge is 2.35. The van der Waals surface area contributed by atoms with Gasteiger partial charge in [-0.2, -0.15) is 0 Å². The van der Waals surface area contributed by atoms with Gasteiger partial charge in [0.2, 0.25) is 5.91 Å². The van der Waals surface area contributed by atoms with Crippen molar-refractivity contribution in [3.63, 3.8) is 0 Å². The number of hydrogen-bond donors (Lipinski definition) is 2. The van der Waals surface area contributed by atoms with Crippen molar-refractivity contribution in [2.75, 3.05) is 13.6 Å². The van der Waals surface area contributed by atoms with E-state index in [1.807, 2.05) is 11.9 Å². The molecule has 0 aromatic rings. The molecule has 1 unspecified atom stereocenters. The van der Waals surface area contributed by atoms with Gasteiger partial charge in [0, 0.05) is 18.6 Å². The van der Waals surface area contributed by atoms with E-state index in [2.05, 4.69) is 5.32 Å². The SMILES string of the molecule is CN[C@H]1CC[C@H](N2CCC(N)C2=O)CC1.